The van der Waals surface area contributed by atoms with Crippen LogP contribution in [0.25, 0.3) is 0 Å². The molecule has 0 fully saturated rings. The van der Waals surface area contributed by atoms with Gasteiger partial charge in [0, 0.05) is 13.1 Å². The van der Waals surface area contributed by atoms with E-state index in [9.17, 15) is 4.79 Å². The number of para-hydroxylation sites is 1. The van der Waals surface area contributed by atoms with Gasteiger partial charge in [0.2, 0.25) is 0 Å². The molecular formula is C19H32N4O. The Kier molecular flexibility index (Phi) is 8.90. The number of amides is 2. The van der Waals surface area contributed by atoms with E-state index >= 15 is 0 Å². The second kappa shape index (κ2) is 10.7. The van der Waals surface area contributed by atoms with E-state index < -0.39 is 0 Å². The molecule has 3 N–H and O–H groups in total. The van der Waals surface area contributed by atoms with Gasteiger partial charge in [0.05, 0.1) is 5.69 Å². The van der Waals surface area contributed by atoms with Gasteiger partial charge < -0.3 is 5.73 Å². The number of aliphatic imine (C=N–C) groups is 1. The fourth-order valence-corrected chi connectivity index (χ4v) is 2.67. The molecule has 0 heterocycles. The van der Waals surface area contributed by atoms with Crippen molar-refractivity contribution >= 4 is 17.7 Å². The highest BCUT2D eigenvalue weighted by atomic mass is 16.2. The van der Waals surface area contributed by atoms with Crippen molar-refractivity contribution < 1.29 is 4.79 Å². The molecule has 0 saturated carbocycles. The summed E-state index contributed by atoms with van der Waals surface area (Å²) in [6.45, 7) is 9.68. The monoisotopic (exact) mass is 332 g/mol. The third-order valence-electron chi connectivity index (χ3n) is 3.96. The molecule has 0 atom stereocenters. The molecule has 0 aromatic heterocycles. The minimum Gasteiger partial charge on any atom is -0.370 e. The van der Waals surface area contributed by atoms with Crippen molar-refractivity contribution in [1.29, 1.82) is 0 Å². The Morgan fingerprint density at radius 2 is 1.75 bits per heavy atom. The van der Waals surface area contributed by atoms with Crippen LogP contribution in [0.4, 0.5) is 10.5 Å². The van der Waals surface area contributed by atoms with Crippen LogP contribution in [0.5, 0.6) is 0 Å². The molecule has 5 nitrogen and oxygen atoms in total. The first kappa shape index (κ1) is 20.0. The fourth-order valence-electron chi connectivity index (χ4n) is 2.67. The molecule has 0 unspecified atom stereocenters. The van der Waals surface area contributed by atoms with Gasteiger partial charge in [0.15, 0.2) is 5.96 Å². The number of nitrogens with one attached hydrogen (secondary N) is 1. The first-order valence-electron chi connectivity index (χ1n) is 9.08. The van der Waals surface area contributed by atoms with E-state index in [1.807, 2.05) is 0 Å². The van der Waals surface area contributed by atoms with Crippen LogP contribution in [0, 0.1) is 0 Å². The number of aryl methyl sites for hydroxylation is 2. The van der Waals surface area contributed by atoms with Crippen LogP contribution in [0.2, 0.25) is 0 Å². The summed E-state index contributed by atoms with van der Waals surface area (Å²) in [5.74, 6) is 0.196. The Hall–Kier alpha value is -2.04. The molecule has 2 amide bonds. The predicted octanol–water partition coefficient (Wildman–Crippen LogP) is 3.85. The standard InChI is InChI=1S/C19H32N4O/c1-5-9-13-21-18(20)22-19(24)23(14-6-2)17-15(7-3)11-10-12-16(17)8-4/h10-12H,5-9,13-14H2,1-4H3,(H3,20,21,22,24). The van der Waals surface area contributed by atoms with Gasteiger partial charge in [0.25, 0.3) is 0 Å². The maximum Gasteiger partial charge on any atom is 0.328 e. The van der Waals surface area contributed by atoms with Gasteiger partial charge in [-0.1, -0.05) is 52.3 Å². The zero-order valence-electron chi connectivity index (χ0n) is 15.6. The van der Waals surface area contributed by atoms with E-state index in [4.69, 9.17) is 5.73 Å². The highest BCUT2D eigenvalue weighted by Gasteiger charge is 2.20. The van der Waals surface area contributed by atoms with Gasteiger partial charge in [-0.25, -0.2) is 4.79 Å². The smallest absolute Gasteiger partial charge is 0.328 e. The normalized spacial score (nSPS) is 11.4. The number of carbonyl (C=O) groups is 1. The number of carbonyl (C=O) groups excluding carboxylic acids is 1. The third-order valence-corrected chi connectivity index (χ3v) is 3.96. The number of anilines is 1. The summed E-state index contributed by atoms with van der Waals surface area (Å²) in [5.41, 5.74) is 9.24. The zero-order chi connectivity index (χ0) is 17.9. The number of hydrogen-bond donors (Lipinski definition) is 2. The highest BCUT2D eigenvalue weighted by Crippen LogP contribution is 2.27. The summed E-state index contributed by atoms with van der Waals surface area (Å²) in [4.78, 5) is 18.8. The minimum absolute atomic E-state index is 0.196. The lowest BCUT2D eigenvalue weighted by molar-refractivity contribution is 0.250. The first-order valence-corrected chi connectivity index (χ1v) is 9.08. The minimum atomic E-state index is -0.204. The van der Waals surface area contributed by atoms with E-state index in [1.165, 1.54) is 11.1 Å². The lowest BCUT2D eigenvalue weighted by atomic mass is 10.0. The average molecular weight is 332 g/mol. The zero-order valence-corrected chi connectivity index (χ0v) is 15.6. The number of hydrogen-bond acceptors (Lipinski definition) is 2. The number of benzene rings is 1. The Balaban J connectivity index is 3.06. The van der Waals surface area contributed by atoms with E-state index in [2.05, 4.69) is 56.2 Å². The molecule has 0 aliphatic carbocycles. The molecule has 5 heteroatoms. The molecule has 24 heavy (non-hydrogen) atoms. The Bertz CT molecular complexity index is 532. The molecule has 134 valence electrons. The Morgan fingerprint density at radius 3 is 2.25 bits per heavy atom. The summed E-state index contributed by atoms with van der Waals surface area (Å²) in [6, 6.07) is 6.03. The predicted molar refractivity (Wildman–Crippen MR) is 103 cm³/mol. The highest BCUT2D eigenvalue weighted by molar-refractivity contribution is 6.04. The molecular weight excluding hydrogens is 300 g/mol. The van der Waals surface area contributed by atoms with Crippen molar-refractivity contribution in [2.75, 3.05) is 18.0 Å². The van der Waals surface area contributed by atoms with E-state index in [0.29, 0.717) is 13.1 Å². The summed E-state index contributed by atoms with van der Waals surface area (Å²) < 4.78 is 0. The second-order valence-corrected chi connectivity index (χ2v) is 5.83. The fraction of sp³-hybridized carbons (Fsp3) is 0.579. The van der Waals surface area contributed by atoms with Crippen LogP contribution < -0.4 is 16.0 Å². The molecule has 1 aromatic rings. The number of urea groups is 1. The van der Waals surface area contributed by atoms with Crippen molar-refractivity contribution in [2.24, 2.45) is 10.7 Å². The number of nitrogens with zero attached hydrogens (tertiary/aromatic N) is 2. The largest absolute Gasteiger partial charge is 0.370 e. The molecule has 0 aliphatic heterocycles. The Labute approximate surface area is 146 Å². The number of guanidine groups is 1. The van der Waals surface area contributed by atoms with E-state index in [0.717, 1.165) is 37.8 Å². The van der Waals surface area contributed by atoms with Gasteiger partial charge in [-0.15, -0.1) is 0 Å². The van der Waals surface area contributed by atoms with Crippen LogP contribution in [-0.2, 0) is 12.8 Å². The summed E-state index contributed by atoms with van der Waals surface area (Å²) in [6.07, 6.45) is 4.67. The maximum atomic E-state index is 12.8. The number of unbranched alkanes of at least 4 members (excludes halogenated alkanes) is 1. The molecule has 0 saturated heterocycles. The van der Waals surface area contributed by atoms with E-state index in [-0.39, 0.29) is 12.0 Å². The molecule has 0 radical (unpaired) electrons. The van der Waals surface area contributed by atoms with Crippen molar-refractivity contribution in [1.82, 2.24) is 5.32 Å². The molecule has 0 bridgehead atoms. The van der Waals surface area contributed by atoms with Crippen molar-refractivity contribution in [3.63, 3.8) is 0 Å². The molecule has 0 spiro atoms. The maximum absolute atomic E-state index is 12.8. The Morgan fingerprint density at radius 1 is 1.12 bits per heavy atom. The SMILES string of the molecule is CCCCN=C(N)NC(=O)N(CCC)c1c(CC)cccc1CC. The van der Waals surface area contributed by atoms with Gasteiger partial charge in [-0.05, 0) is 36.8 Å². The molecule has 1 aromatic carbocycles. The molecule has 1 rings (SSSR count). The van der Waals surface area contributed by atoms with Crippen LogP contribution in [0.3, 0.4) is 0 Å². The quantitative estimate of drug-likeness (QED) is 0.431. The van der Waals surface area contributed by atoms with Crippen LogP contribution in [0.1, 0.15) is 58.1 Å². The lowest BCUT2D eigenvalue weighted by Gasteiger charge is -2.27. The average Bonchev–Trinajstić information content (AvgIpc) is 2.59. The van der Waals surface area contributed by atoms with Crippen LogP contribution in [0.15, 0.2) is 23.2 Å². The van der Waals surface area contributed by atoms with Crippen molar-refractivity contribution in [2.45, 2.75) is 59.8 Å². The summed E-state index contributed by atoms with van der Waals surface area (Å²) in [7, 11) is 0. The second-order valence-electron chi connectivity index (χ2n) is 5.83. The summed E-state index contributed by atoms with van der Waals surface area (Å²) >= 11 is 0. The first-order chi connectivity index (χ1) is 11.6. The number of nitrogens with two attached hydrogens (primary N) is 1. The van der Waals surface area contributed by atoms with Gasteiger partial charge in [0.1, 0.15) is 0 Å². The lowest BCUT2D eigenvalue weighted by Crippen LogP contribution is -2.47. The number of rotatable bonds is 8. The van der Waals surface area contributed by atoms with Crippen molar-refractivity contribution in [3.05, 3.63) is 29.3 Å². The van der Waals surface area contributed by atoms with Crippen molar-refractivity contribution in [3.8, 4) is 0 Å². The van der Waals surface area contributed by atoms with Crippen LogP contribution in [-0.4, -0.2) is 25.1 Å². The summed E-state index contributed by atoms with van der Waals surface area (Å²) in [5, 5.41) is 2.74. The van der Waals surface area contributed by atoms with Crippen LogP contribution >= 0.6 is 0 Å². The van der Waals surface area contributed by atoms with E-state index in [1.54, 1.807) is 4.90 Å². The van der Waals surface area contributed by atoms with Gasteiger partial charge in [-0.2, -0.15) is 0 Å². The van der Waals surface area contributed by atoms with Gasteiger partial charge in [-0.3, -0.25) is 15.2 Å². The third kappa shape index (κ3) is 5.55. The topological polar surface area (TPSA) is 70.7 Å². The van der Waals surface area contributed by atoms with Gasteiger partial charge >= 0.3 is 6.03 Å². The molecule has 0 aliphatic rings.